The summed E-state index contributed by atoms with van der Waals surface area (Å²) in [6, 6.07) is 18.6. The van der Waals surface area contributed by atoms with Crippen LogP contribution in [-0.4, -0.2) is 44.1 Å². The summed E-state index contributed by atoms with van der Waals surface area (Å²) in [6.07, 6.45) is 0. The van der Waals surface area contributed by atoms with Gasteiger partial charge in [0, 0.05) is 13.6 Å². The molecule has 156 valence electrons. The Bertz CT molecular complexity index is 1050. The van der Waals surface area contributed by atoms with E-state index in [4.69, 9.17) is 25.8 Å². The van der Waals surface area contributed by atoms with Gasteiger partial charge in [-0.25, -0.2) is 4.79 Å². The second kappa shape index (κ2) is 9.98. The monoisotopic (exact) mass is 427 g/mol. The van der Waals surface area contributed by atoms with Crippen molar-refractivity contribution in [2.24, 2.45) is 0 Å². The van der Waals surface area contributed by atoms with Gasteiger partial charge in [-0.05, 0) is 46.7 Å². The van der Waals surface area contributed by atoms with Crippen molar-refractivity contribution in [1.29, 1.82) is 0 Å². The van der Waals surface area contributed by atoms with Gasteiger partial charge in [0.05, 0.1) is 12.1 Å². The largest absolute Gasteiger partial charge is 0.497 e. The Morgan fingerprint density at radius 3 is 2.47 bits per heavy atom. The Hall–Kier alpha value is -3.25. The van der Waals surface area contributed by atoms with Gasteiger partial charge in [-0.2, -0.15) is 0 Å². The summed E-state index contributed by atoms with van der Waals surface area (Å²) in [4.78, 5) is 25.6. The minimum absolute atomic E-state index is 0.309. The smallest absolute Gasteiger partial charge is 0.344 e. The Labute approximate surface area is 179 Å². The molecule has 0 saturated carbocycles. The second-order valence-electron chi connectivity index (χ2n) is 6.68. The van der Waals surface area contributed by atoms with E-state index in [0.29, 0.717) is 17.3 Å². The number of carbonyl (C=O) groups is 2. The van der Waals surface area contributed by atoms with Crippen LogP contribution in [0.3, 0.4) is 0 Å². The zero-order valence-corrected chi connectivity index (χ0v) is 17.5. The van der Waals surface area contributed by atoms with Gasteiger partial charge in [-0.1, -0.05) is 41.9 Å². The lowest BCUT2D eigenvalue weighted by atomic mass is 10.1. The molecule has 0 radical (unpaired) electrons. The normalized spacial score (nSPS) is 10.5. The Balaban J connectivity index is 1.49. The first-order valence-electron chi connectivity index (χ1n) is 9.30. The van der Waals surface area contributed by atoms with E-state index in [0.717, 1.165) is 22.1 Å². The maximum absolute atomic E-state index is 12.3. The fourth-order valence-corrected chi connectivity index (χ4v) is 3.04. The van der Waals surface area contributed by atoms with Crippen molar-refractivity contribution in [3.8, 4) is 11.5 Å². The summed E-state index contributed by atoms with van der Waals surface area (Å²) in [5.41, 5.74) is 0.969. The summed E-state index contributed by atoms with van der Waals surface area (Å²) in [6.45, 7) is -0.282. The predicted octanol–water partition coefficient (Wildman–Crippen LogP) is 4.08. The molecule has 0 N–H and O–H groups in total. The number of esters is 1. The molecule has 0 saturated heterocycles. The lowest BCUT2D eigenvalue weighted by Gasteiger charge is -2.17. The first-order chi connectivity index (χ1) is 14.5. The van der Waals surface area contributed by atoms with Crippen LogP contribution in [-0.2, 0) is 20.9 Å². The predicted molar refractivity (Wildman–Crippen MR) is 115 cm³/mol. The van der Waals surface area contributed by atoms with E-state index in [-0.39, 0.29) is 19.1 Å². The standard InChI is InChI=1S/C23H22ClNO5/c1-25(13-16-7-8-18-12-19(28-2)10-9-17(18)11-16)22(26)14-30-23(27)15-29-21-6-4-3-5-20(21)24/h3-12H,13-15H2,1-2H3. The van der Waals surface area contributed by atoms with Gasteiger partial charge in [-0.3, -0.25) is 4.79 Å². The summed E-state index contributed by atoms with van der Waals surface area (Å²) in [5.74, 6) is 0.226. The SMILES string of the molecule is COc1ccc2cc(CN(C)C(=O)COC(=O)COc3ccccc3Cl)ccc2c1. The number of ether oxygens (including phenoxy) is 3. The highest BCUT2D eigenvalue weighted by atomic mass is 35.5. The Morgan fingerprint density at radius 1 is 0.967 bits per heavy atom. The summed E-state index contributed by atoms with van der Waals surface area (Å²) < 4.78 is 15.5. The minimum Gasteiger partial charge on any atom is -0.497 e. The third-order valence-corrected chi connectivity index (χ3v) is 4.81. The van der Waals surface area contributed by atoms with Crippen LogP contribution in [0.2, 0.25) is 5.02 Å². The average molecular weight is 428 g/mol. The number of nitrogens with zero attached hydrogens (tertiary/aromatic N) is 1. The molecule has 3 aromatic carbocycles. The number of hydrogen-bond donors (Lipinski definition) is 0. The number of likely N-dealkylation sites (N-methyl/N-ethyl adjacent to an activating group) is 1. The molecule has 30 heavy (non-hydrogen) atoms. The highest BCUT2D eigenvalue weighted by Gasteiger charge is 2.14. The van der Waals surface area contributed by atoms with E-state index in [1.807, 2.05) is 36.4 Å². The zero-order valence-electron chi connectivity index (χ0n) is 16.8. The first-order valence-corrected chi connectivity index (χ1v) is 9.67. The summed E-state index contributed by atoms with van der Waals surface area (Å²) in [7, 11) is 3.29. The zero-order chi connectivity index (χ0) is 21.5. The van der Waals surface area contributed by atoms with E-state index >= 15 is 0 Å². The van der Waals surface area contributed by atoms with Crippen molar-refractivity contribution in [2.75, 3.05) is 27.4 Å². The lowest BCUT2D eigenvalue weighted by Crippen LogP contribution is -2.31. The van der Waals surface area contributed by atoms with Crippen molar-refractivity contribution < 1.29 is 23.8 Å². The molecule has 0 spiro atoms. The maximum Gasteiger partial charge on any atom is 0.344 e. The number of para-hydroxylation sites is 1. The molecule has 0 aliphatic heterocycles. The molecule has 3 aromatic rings. The fraction of sp³-hybridized carbons (Fsp3) is 0.217. The number of carbonyl (C=O) groups excluding carboxylic acids is 2. The van der Waals surface area contributed by atoms with Gasteiger partial charge >= 0.3 is 5.97 Å². The van der Waals surface area contributed by atoms with Gasteiger partial charge in [0.15, 0.2) is 13.2 Å². The van der Waals surface area contributed by atoms with Crippen LogP contribution in [0, 0.1) is 0 Å². The van der Waals surface area contributed by atoms with Gasteiger partial charge in [0.25, 0.3) is 5.91 Å². The van der Waals surface area contributed by atoms with Crippen LogP contribution in [0.4, 0.5) is 0 Å². The van der Waals surface area contributed by atoms with E-state index in [2.05, 4.69) is 0 Å². The molecule has 0 aromatic heterocycles. The van der Waals surface area contributed by atoms with Crippen LogP contribution in [0.5, 0.6) is 11.5 Å². The van der Waals surface area contributed by atoms with Gasteiger partial charge in [0.2, 0.25) is 0 Å². The third kappa shape index (κ3) is 5.64. The Kier molecular flexibility index (Phi) is 7.14. The van der Waals surface area contributed by atoms with Gasteiger partial charge < -0.3 is 19.1 Å². The molecule has 1 amide bonds. The third-order valence-electron chi connectivity index (χ3n) is 4.50. The molecule has 0 fully saturated rings. The fourth-order valence-electron chi connectivity index (χ4n) is 2.85. The molecule has 3 rings (SSSR count). The first kappa shape index (κ1) is 21.5. The number of fused-ring (bicyclic) bond motifs is 1. The minimum atomic E-state index is -0.642. The van der Waals surface area contributed by atoms with E-state index < -0.39 is 5.97 Å². The number of rotatable bonds is 8. The molecule has 6 nitrogen and oxygen atoms in total. The summed E-state index contributed by atoms with van der Waals surface area (Å²) >= 11 is 5.96. The lowest BCUT2D eigenvalue weighted by molar-refractivity contribution is -0.153. The number of methoxy groups -OCH3 is 1. The van der Waals surface area contributed by atoms with Crippen LogP contribution >= 0.6 is 11.6 Å². The molecule has 0 aliphatic rings. The molecular weight excluding hydrogens is 406 g/mol. The van der Waals surface area contributed by atoms with Gasteiger partial charge in [0.1, 0.15) is 11.5 Å². The number of hydrogen-bond acceptors (Lipinski definition) is 5. The van der Waals surface area contributed by atoms with Crippen LogP contribution < -0.4 is 9.47 Å². The molecule has 7 heteroatoms. The number of halogens is 1. The van der Waals surface area contributed by atoms with E-state index in [1.54, 1.807) is 38.4 Å². The van der Waals surface area contributed by atoms with Crippen molar-refractivity contribution in [2.45, 2.75) is 6.54 Å². The van der Waals surface area contributed by atoms with Crippen molar-refractivity contribution >= 4 is 34.2 Å². The number of amides is 1. The second-order valence-corrected chi connectivity index (χ2v) is 7.08. The molecule has 0 aliphatic carbocycles. The molecule has 0 heterocycles. The quantitative estimate of drug-likeness (QED) is 0.507. The molecule has 0 unspecified atom stereocenters. The van der Waals surface area contributed by atoms with Crippen LogP contribution in [0.15, 0.2) is 60.7 Å². The van der Waals surface area contributed by atoms with Gasteiger partial charge in [-0.15, -0.1) is 0 Å². The van der Waals surface area contributed by atoms with E-state index in [9.17, 15) is 9.59 Å². The topological polar surface area (TPSA) is 65.1 Å². The van der Waals surface area contributed by atoms with Crippen molar-refractivity contribution in [3.63, 3.8) is 0 Å². The maximum atomic E-state index is 12.3. The van der Waals surface area contributed by atoms with Crippen LogP contribution in [0.1, 0.15) is 5.56 Å². The van der Waals surface area contributed by atoms with Crippen molar-refractivity contribution in [1.82, 2.24) is 4.90 Å². The van der Waals surface area contributed by atoms with E-state index in [1.165, 1.54) is 4.90 Å². The van der Waals surface area contributed by atoms with Crippen LogP contribution in [0.25, 0.3) is 10.8 Å². The molecule has 0 atom stereocenters. The highest BCUT2D eigenvalue weighted by Crippen LogP contribution is 2.23. The molecular formula is C23H22ClNO5. The Morgan fingerprint density at radius 2 is 1.70 bits per heavy atom. The van der Waals surface area contributed by atoms with Crippen molar-refractivity contribution in [3.05, 3.63) is 71.2 Å². The molecule has 0 bridgehead atoms. The highest BCUT2D eigenvalue weighted by molar-refractivity contribution is 6.32. The number of benzene rings is 3. The summed E-state index contributed by atoms with van der Waals surface area (Å²) in [5, 5.41) is 2.51. The average Bonchev–Trinajstić information content (AvgIpc) is 2.76.